The van der Waals surface area contributed by atoms with Gasteiger partial charge in [-0.3, -0.25) is 0 Å². The molecule has 1 nitrogen and oxygen atoms in total. The Morgan fingerprint density at radius 1 is 1.83 bits per heavy atom. The second kappa shape index (κ2) is 9.37. The van der Waals surface area contributed by atoms with E-state index in [9.17, 15) is 4.39 Å². The molecule has 0 aliphatic rings. The molecular formula is C3H6FOY-. The molecule has 0 aromatic heterocycles. The fourth-order valence-electron chi connectivity index (χ4n) is 0.0630. The number of hydrogen-bond acceptors (Lipinski definition) is 1. The van der Waals surface area contributed by atoms with Crippen molar-refractivity contribution < 1.29 is 41.8 Å². The Bertz CT molecular complexity index is 18.3. The van der Waals surface area contributed by atoms with Crippen molar-refractivity contribution in [3.63, 3.8) is 0 Å². The maximum absolute atomic E-state index is 10.6. The molecule has 0 heterocycles. The van der Waals surface area contributed by atoms with Gasteiger partial charge in [-0.05, 0) is 6.92 Å². The first-order valence-electron chi connectivity index (χ1n) is 1.45. The molecule has 0 spiro atoms. The van der Waals surface area contributed by atoms with E-state index in [4.69, 9.17) is 0 Å². The SMILES string of the molecule is CCO[CH-]F.[Y]. The summed E-state index contributed by atoms with van der Waals surface area (Å²) in [5.41, 5.74) is 0. The van der Waals surface area contributed by atoms with Crippen molar-refractivity contribution in [2.75, 3.05) is 6.61 Å². The van der Waals surface area contributed by atoms with Crippen LogP contribution < -0.4 is 0 Å². The quantitative estimate of drug-likeness (QED) is 0.558. The summed E-state index contributed by atoms with van der Waals surface area (Å²) < 4.78 is 14.7. The van der Waals surface area contributed by atoms with Crippen molar-refractivity contribution >= 4 is 0 Å². The van der Waals surface area contributed by atoms with Gasteiger partial charge in [0.1, 0.15) is 0 Å². The number of ether oxygens (including phenoxy) is 1. The molecule has 0 amide bonds. The van der Waals surface area contributed by atoms with E-state index in [0.29, 0.717) is 6.61 Å². The average Bonchev–Trinajstić information content (AvgIpc) is 1.41. The molecule has 0 atom stereocenters. The minimum Gasteiger partial charge on any atom is -0.520 e. The van der Waals surface area contributed by atoms with Crippen LogP contribution in [0.2, 0.25) is 0 Å². The molecule has 1 radical (unpaired) electrons. The van der Waals surface area contributed by atoms with Crippen LogP contribution in [0.3, 0.4) is 0 Å². The summed E-state index contributed by atoms with van der Waals surface area (Å²) >= 11 is 0. The molecule has 35 valence electrons. The average molecular weight is 166 g/mol. The molecule has 0 aromatic carbocycles. The Kier molecular flexibility index (Phi) is 15.7. The first-order valence-corrected chi connectivity index (χ1v) is 1.45. The second-order valence-electron chi connectivity index (χ2n) is 0.544. The van der Waals surface area contributed by atoms with Crippen molar-refractivity contribution in [1.82, 2.24) is 0 Å². The van der Waals surface area contributed by atoms with Crippen LogP contribution in [0, 0.1) is 6.86 Å². The zero-order chi connectivity index (χ0) is 4.12. The monoisotopic (exact) mass is 166 g/mol. The van der Waals surface area contributed by atoms with Crippen LogP contribution >= 0.6 is 0 Å². The van der Waals surface area contributed by atoms with E-state index in [-0.39, 0.29) is 39.6 Å². The zero-order valence-electron chi connectivity index (χ0n) is 3.65. The van der Waals surface area contributed by atoms with E-state index in [1.54, 1.807) is 6.92 Å². The van der Waals surface area contributed by atoms with E-state index >= 15 is 0 Å². The van der Waals surface area contributed by atoms with Crippen molar-refractivity contribution in [3.05, 3.63) is 6.86 Å². The third-order valence-electron chi connectivity index (χ3n) is 0.230. The largest absolute Gasteiger partial charge is 0.520 e. The first-order chi connectivity index (χ1) is 2.41. The smallest absolute Gasteiger partial charge is 0.0104 e. The predicted octanol–water partition coefficient (Wildman–Crippen LogP) is 1.11. The van der Waals surface area contributed by atoms with Crippen LogP contribution in [0.25, 0.3) is 0 Å². The minimum atomic E-state index is 0. The molecule has 0 rings (SSSR count). The van der Waals surface area contributed by atoms with Crippen LogP contribution in [0.4, 0.5) is 4.39 Å². The molecule has 0 bridgehead atoms. The van der Waals surface area contributed by atoms with Crippen LogP contribution in [0.5, 0.6) is 0 Å². The molecule has 0 fully saturated rings. The van der Waals surface area contributed by atoms with Gasteiger partial charge < -0.3 is 9.13 Å². The van der Waals surface area contributed by atoms with Crippen LogP contribution in [0.15, 0.2) is 0 Å². The van der Waals surface area contributed by atoms with Crippen molar-refractivity contribution in [3.8, 4) is 0 Å². The summed E-state index contributed by atoms with van der Waals surface area (Å²) in [5.74, 6) is 0. The van der Waals surface area contributed by atoms with Gasteiger partial charge in [-0.2, -0.15) is 0 Å². The van der Waals surface area contributed by atoms with Crippen molar-refractivity contribution in [2.24, 2.45) is 0 Å². The first kappa shape index (κ1) is 10.1. The third kappa shape index (κ3) is 8.89. The Morgan fingerprint density at radius 2 is 2.33 bits per heavy atom. The van der Waals surface area contributed by atoms with Gasteiger partial charge in [0.05, 0.1) is 0 Å². The van der Waals surface area contributed by atoms with Gasteiger partial charge in [0.2, 0.25) is 0 Å². The van der Waals surface area contributed by atoms with E-state index in [1.165, 1.54) is 0 Å². The molecular weight excluding hydrogens is 160 g/mol. The molecule has 0 saturated heterocycles. The van der Waals surface area contributed by atoms with E-state index < -0.39 is 0 Å². The molecule has 0 saturated carbocycles. The van der Waals surface area contributed by atoms with Crippen LogP contribution in [-0.4, -0.2) is 6.61 Å². The summed E-state index contributed by atoms with van der Waals surface area (Å²) in [6.07, 6.45) is 0. The minimum absolute atomic E-state index is 0. The molecule has 3 heteroatoms. The van der Waals surface area contributed by atoms with Gasteiger partial charge in [-0.1, -0.05) is 6.86 Å². The maximum Gasteiger partial charge on any atom is 0.0104 e. The van der Waals surface area contributed by atoms with Crippen LogP contribution in [-0.2, 0) is 37.4 Å². The fraction of sp³-hybridized carbons (Fsp3) is 0.667. The number of hydrogen-bond donors (Lipinski definition) is 0. The third-order valence-corrected chi connectivity index (χ3v) is 0.230. The normalized spacial score (nSPS) is 7.00. The standard InChI is InChI=1S/C3H6FO.Y/c1-2-5-3-4;/h3H,2H2,1H3;/q-1;. The summed E-state index contributed by atoms with van der Waals surface area (Å²) in [6, 6.07) is 0. The predicted molar refractivity (Wildman–Crippen MR) is 17.0 cm³/mol. The van der Waals surface area contributed by atoms with E-state index in [0.717, 1.165) is 0 Å². The summed E-state index contributed by atoms with van der Waals surface area (Å²) in [4.78, 5) is 0. The Morgan fingerprint density at radius 3 is 2.33 bits per heavy atom. The molecule has 0 aromatic rings. The van der Waals surface area contributed by atoms with Gasteiger partial charge >= 0.3 is 0 Å². The van der Waals surface area contributed by atoms with Gasteiger partial charge in [0, 0.05) is 39.3 Å². The van der Waals surface area contributed by atoms with Gasteiger partial charge in [0.15, 0.2) is 0 Å². The summed E-state index contributed by atoms with van der Waals surface area (Å²) in [6.45, 7) is 2.31. The molecule has 0 unspecified atom stereocenters. The Balaban J connectivity index is 0. The van der Waals surface area contributed by atoms with E-state index in [2.05, 4.69) is 4.74 Å². The number of rotatable bonds is 2. The van der Waals surface area contributed by atoms with E-state index in [1.807, 2.05) is 0 Å². The molecule has 6 heavy (non-hydrogen) atoms. The van der Waals surface area contributed by atoms with Gasteiger partial charge in [0.25, 0.3) is 0 Å². The van der Waals surface area contributed by atoms with Crippen molar-refractivity contribution in [2.45, 2.75) is 6.92 Å². The maximum atomic E-state index is 10.6. The fourth-order valence-corrected chi connectivity index (χ4v) is 0.0630. The van der Waals surface area contributed by atoms with Crippen LogP contribution in [0.1, 0.15) is 6.92 Å². The second-order valence-corrected chi connectivity index (χ2v) is 0.544. The Hall–Kier alpha value is 0.994. The topological polar surface area (TPSA) is 9.23 Å². The van der Waals surface area contributed by atoms with Gasteiger partial charge in [-0.25, -0.2) is 0 Å². The summed E-state index contributed by atoms with van der Waals surface area (Å²) in [5, 5.41) is 0. The summed E-state index contributed by atoms with van der Waals surface area (Å²) in [7, 11) is 0. The molecule has 0 N–H and O–H groups in total. The van der Waals surface area contributed by atoms with Gasteiger partial charge in [-0.15, -0.1) is 0 Å². The number of halogens is 1. The van der Waals surface area contributed by atoms with Crippen molar-refractivity contribution in [1.29, 1.82) is 0 Å². The Labute approximate surface area is 62.1 Å². The molecule has 0 aliphatic heterocycles. The zero-order valence-corrected chi connectivity index (χ0v) is 6.49. The molecule has 0 aliphatic carbocycles.